The van der Waals surface area contributed by atoms with Crippen LogP contribution in [-0.2, 0) is 6.18 Å². The quantitative estimate of drug-likeness (QED) is 0.351. The van der Waals surface area contributed by atoms with Gasteiger partial charge in [-0.1, -0.05) is 17.7 Å². The fourth-order valence-corrected chi connectivity index (χ4v) is 3.15. The molecular formula is C25H28F3N7O. The van der Waals surface area contributed by atoms with Gasteiger partial charge in [-0.15, -0.1) is 0 Å². The number of allylic oxidation sites excluding steroid dienone is 3. The monoisotopic (exact) mass is 499 g/mol. The first kappa shape index (κ1) is 26.5. The molecule has 0 aliphatic heterocycles. The number of carbonyl (C=O) groups is 1. The van der Waals surface area contributed by atoms with Gasteiger partial charge in [0.2, 0.25) is 5.95 Å². The van der Waals surface area contributed by atoms with E-state index in [0.29, 0.717) is 29.8 Å². The summed E-state index contributed by atoms with van der Waals surface area (Å²) in [5.74, 6) is 1.34. The van der Waals surface area contributed by atoms with Crippen molar-refractivity contribution < 1.29 is 18.0 Å². The van der Waals surface area contributed by atoms with Crippen LogP contribution in [0.5, 0.6) is 0 Å². The maximum atomic E-state index is 12.9. The summed E-state index contributed by atoms with van der Waals surface area (Å²) in [6.07, 6.45) is 3.91. The number of anilines is 2. The summed E-state index contributed by atoms with van der Waals surface area (Å²) in [6, 6.07) is 6.36. The minimum absolute atomic E-state index is 0.0664. The second kappa shape index (κ2) is 11.5. The molecule has 3 aromatic rings. The molecule has 0 radical (unpaired) electrons. The Bertz CT molecular complexity index is 1260. The predicted molar refractivity (Wildman–Crippen MR) is 133 cm³/mol. The van der Waals surface area contributed by atoms with Crippen LogP contribution >= 0.6 is 0 Å². The molecule has 0 spiro atoms. The SMILES string of the molecule is C/C(=C/C=C(\C)NC(=O)c1cccc(C(F)(F)F)c1)CNc1nccn1-c1cc(NC(C)C)ncn1. The minimum atomic E-state index is -4.51. The maximum absolute atomic E-state index is 12.9. The fourth-order valence-electron chi connectivity index (χ4n) is 3.15. The Morgan fingerprint density at radius 3 is 2.61 bits per heavy atom. The highest BCUT2D eigenvalue weighted by molar-refractivity contribution is 5.95. The second-order valence-electron chi connectivity index (χ2n) is 8.43. The maximum Gasteiger partial charge on any atom is 0.416 e. The number of amides is 1. The number of hydrogen-bond acceptors (Lipinski definition) is 6. The van der Waals surface area contributed by atoms with Gasteiger partial charge in [0.25, 0.3) is 5.91 Å². The lowest BCUT2D eigenvalue weighted by molar-refractivity contribution is -0.137. The summed E-state index contributed by atoms with van der Waals surface area (Å²) >= 11 is 0. The largest absolute Gasteiger partial charge is 0.416 e. The molecule has 0 unspecified atom stereocenters. The molecule has 0 aliphatic rings. The van der Waals surface area contributed by atoms with Gasteiger partial charge < -0.3 is 16.0 Å². The zero-order valence-corrected chi connectivity index (χ0v) is 20.4. The van der Waals surface area contributed by atoms with E-state index in [1.165, 1.54) is 18.5 Å². The summed E-state index contributed by atoms with van der Waals surface area (Å²) < 4.78 is 40.5. The number of rotatable bonds is 9. The van der Waals surface area contributed by atoms with Crippen molar-refractivity contribution >= 4 is 17.7 Å². The van der Waals surface area contributed by atoms with Gasteiger partial charge in [-0.25, -0.2) is 15.0 Å². The highest BCUT2D eigenvalue weighted by Crippen LogP contribution is 2.29. The first-order valence-electron chi connectivity index (χ1n) is 11.2. The molecule has 11 heteroatoms. The van der Waals surface area contributed by atoms with E-state index >= 15 is 0 Å². The number of nitrogens with zero attached hydrogens (tertiary/aromatic N) is 4. The van der Waals surface area contributed by atoms with Crippen LogP contribution in [0.3, 0.4) is 0 Å². The van der Waals surface area contributed by atoms with Gasteiger partial charge in [-0.2, -0.15) is 13.2 Å². The fraction of sp³-hybridized carbons (Fsp3) is 0.280. The smallest absolute Gasteiger partial charge is 0.368 e. The van der Waals surface area contributed by atoms with Crippen molar-refractivity contribution in [3.63, 3.8) is 0 Å². The third-order valence-electron chi connectivity index (χ3n) is 4.88. The van der Waals surface area contributed by atoms with E-state index in [9.17, 15) is 18.0 Å². The molecule has 1 aromatic carbocycles. The average Bonchev–Trinajstić information content (AvgIpc) is 3.29. The Morgan fingerprint density at radius 1 is 1.11 bits per heavy atom. The van der Waals surface area contributed by atoms with E-state index in [1.54, 1.807) is 36.0 Å². The van der Waals surface area contributed by atoms with E-state index in [2.05, 4.69) is 30.9 Å². The van der Waals surface area contributed by atoms with E-state index in [-0.39, 0.29) is 11.6 Å². The Balaban J connectivity index is 1.61. The number of carbonyl (C=O) groups excluding carboxylic acids is 1. The number of nitrogens with one attached hydrogen (secondary N) is 3. The highest BCUT2D eigenvalue weighted by Gasteiger charge is 2.30. The van der Waals surface area contributed by atoms with Crippen LogP contribution in [-0.4, -0.2) is 38.0 Å². The van der Waals surface area contributed by atoms with Crippen molar-refractivity contribution in [1.82, 2.24) is 24.8 Å². The Kier molecular flexibility index (Phi) is 8.46. The van der Waals surface area contributed by atoms with Crippen molar-refractivity contribution in [3.05, 3.63) is 83.6 Å². The summed E-state index contributed by atoms with van der Waals surface area (Å²) in [4.78, 5) is 25.2. The van der Waals surface area contributed by atoms with Crippen molar-refractivity contribution in [2.45, 2.75) is 39.9 Å². The third kappa shape index (κ3) is 7.42. The molecule has 36 heavy (non-hydrogen) atoms. The van der Waals surface area contributed by atoms with Crippen molar-refractivity contribution in [2.24, 2.45) is 0 Å². The lowest BCUT2D eigenvalue weighted by Gasteiger charge is -2.12. The van der Waals surface area contributed by atoms with Crippen molar-refractivity contribution in [1.29, 1.82) is 0 Å². The molecule has 0 atom stereocenters. The molecule has 190 valence electrons. The molecule has 0 bridgehead atoms. The molecule has 0 saturated heterocycles. The molecule has 2 heterocycles. The van der Waals surface area contributed by atoms with E-state index in [1.807, 2.05) is 26.8 Å². The van der Waals surface area contributed by atoms with Crippen LogP contribution in [0.25, 0.3) is 5.82 Å². The number of hydrogen-bond donors (Lipinski definition) is 3. The van der Waals surface area contributed by atoms with E-state index in [0.717, 1.165) is 17.7 Å². The second-order valence-corrected chi connectivity index (χ2v) is 8.43. The van der Waals surface area contributed by atoms with Gasteiger partial charge in [-0.05, 0) is 52.0 Å². The van der Waals surface area contributed by atoms with Crippen LogP contribution in [0.4, 0.5) is 24.9 Å². The number of benzene rings is 1. The van der Waals surface area contributed by atoms with Gasteiger partial charge in [0.1, 0.15) is 18.0 Å². The van der Waals surface area contributed by atoms with Gasteiger partial charge in [0.05, 0.1) is 5.56 Å². The topological polar surface area (TPSA) is 96.8 Å². The molecule has 3 N–H and O–H groups in total. The Morgan fingerprint density at radius 2 is 1.89 bits per heavy atom. The highest BCUT2D eigenvalue weighted by atomic mass is 19.4. The van der Waals surface area contributed by atoms with E-state index in [4.69, 9.17) is 0 Å². The minimum Gasteiger partial charge on any atom is -0.368 e. The molecular weight excluding hydrogens is 471 g/mol. The normalized spacial score (nSPS) is 12.6. The van der Waals surface area contributed by atoms with Gasteiger partial charge in [-0.3, -0.25) is 9.36 Å². The van der Waals surface area contributed by atoms with Crippen LogP contribution < -0.4 is 16.0 Å². The molecule has 1 amide bonds. The summed E-state index contributed by atoms with van der Waals surface area (Å²) in [7, 11) is 0. The summed E-state index contributed by atoms with van der Waals surface area (Å²) in [5, 5.41) is 9.08. The molecule has 0 fully saturated rings. The first-order valence-corrected chi connectivity index (χ1v) is 11.2. The summed E-state index contributed by atoms with van der Waals surface area (Å²) in [6.45, 7) is 8.06. The van der Waals surface area contributed by atoms with Crippen molar-refractivity contribution in [2.75, 3.05) is 17.2 Å². The number of halogens is 3. The van der Waals surface area contributed by atoms with E-state index < -0.39 is 17.6 Å². The molecule has 3 rings (SSSR count). The van der Waals surface area contributed by atoms with Gasteiger partial charge in [0.15, 0.2) is 0 Å². The van der Waals surface area contributed by atoms with Crippen LogP contribution in [0, 0.1) is 0 Å². The lowest BCUT2D eigenvalue weighted by Crippen LogP contribution is -2.21. The average molecular weight is 500 g/mol. The first-order chi connectivity index (χ1) is 17.0. The summed E-state index contributed by atoms with van der Waals surface area (Å²) in [5.41, 5.74) is 0.487. The number of aromatic nitrogens is 4. The predicted octanol–water partition coefficient (Wildman–Crippen LogP) is 5.19. The van der Waals surface area contributed by atoms with Crippen LogP contribution in [0.2, 0.25) is 0 Å². The van der Waals surface area contributed by atoms with Crippen LogP contribution in [0.15, 0.2) is 72.5 Å². The molecule has 0 aliphatic carbocycles. The third-order valence-corrected chi connectivity index (χ3v) is 4.88. The van der Waals surface area contributed by atoms with Gasteiger partial charge >= 0.3 is 6.18 Å². The molecule has 8 nitrogen and oxygen atoms in total. The number of imidazole rings is 1. The Labute approximate surface area is 207 Å². The lowest BCUT2D eigenvalue weighted by atomic mass is 10.1. The molecule has 0 saturated carbocycles. The van der Waals surface area contributed by atoms with Crippen molar-refractivity contribution in [3.8, 4) is 5.82 Å². The van der Waals surface area contributed by atoms with Gasteiger partial charge in [0, 0.05) is 42.3 Å². The zero-order chi connectivity index (χ0) is 26.3. The molecule has 2 aromatic heterocycles. The Hall–Kier alpha value is -4.15. The number of alkyl halides is 3. The zero-order valence-electron chi connectivity index (χ0n) is 20.4. The van der Waals surface area contributed by atoms with Crippen LogP contribution in [0.1, 0.15) is 43.6 Å². The standard InChI is InChI=1S/C25H28F3N7O/c1-16(2)33-21-13-22(32-15-31-21)35-11-10-29-24(35)30-14-17(3)8-9-18(4)34-23(36)19-6-5-7-20(12-19)25(26,27)28/h5-13,15-16H,14H2,1-4H3,(H,29,30)(H,34,36)(H,31,32,33)/b17-8-,18-9+.